The number of pyridine rings is 1. The Kier molecular flexibility index (Phi) is 4.97. The largest absolute Gasteiger partial charge is 0.368 e. The van der Waals surface area contributed by atoms with Crippen LogP contribution < -0.4 is 15.5 Å². The molecule has 2 atom stereocenters. The minimum absolute atomic E-state index is 0.225. The van der Waals surface area contributed by atoms with Crippen molar-refractivity contribution in [3.05, 3.63) is 60.2 Å². The predicted molar refractivity (Wildman–Crippen MR) is 122 cm³/mol. The summed E-state index contributed by atoms with van der Waals surface area (Å²) in [6.07, 6.45) is 6.53. The number of hydrogen-bond donors (Lipinski definition) is 2. The number of hydrogen-bond acceptors (Lipinski definition) is 6. The average molecular weight is 433 g/mol. The number of piperazine rings is 1. The Bertz CT molecular complexity index is 1320. The van der Waals surface area contributed by atoms with Crippen LogP contribution in [0.4, 0.5) is 15.8 Å². The fourth-order valence-corrected chi connectivity index (χ4v) is 4.49. The molecule has 1 aromatic carbocycles. The van der Waals surface area contributed by atoms with Gasteiger partial charge in [0, 0.05) is 60.9 Å². The third kappa shape index (κ3) is 3.64. The zero-order valence-corrected chi connectivity index (χ0v) is 18.1. The van der Waals surface area contributed by atoms with Crippen LogP contribution in [0.15, 0.2) is 43.1 Å². The van der Waals surface area contributed by atoms with E-state index < -0.39 is 5.82 Å². The number of nitrogens with one attached hydrogen (secondary N) is 2. The third-order valence-electron chi connectivity index (χ3n) is 5.68. The molecule has 164 valence electrons. The lowest BCUT2D eigenvalue weighted by Gasteiger charge is -2.38. The average Bonchev–Trinajstić information content (AvgIpc) is 3.13. The fraction of sp³-hybridized carbons (Fsp3) is 0.304. The zero-order valence-electron chi connectivity index (χ0n) is 18.1. The van der Waals surface area contributed by atoms with Gasteiger partial charge >= 0.3 is 0 Å². The monoisotopic (exact) mass is 433 g/mol. The highest BCUT2D eigenvalue weighted by atomic mass is 19.1. The molecule has 2 unspecified atom stereocenters. The van der Waals surface area contributed by atoms with E-state index in [1.54, 1.807) is 36.0 Å². The van der Waals surface area contributed by atoms with Gasteiger partial charge in [0.1, 0.15) is 6.33 Å². The summed E-state index contributed by atoms with van der Waals surface area (Å²) in [7, 11) is 0. The lowest BCUT2D eigenvalue weighted by Crippen LogP contribution is -2.54. The smallest absolute Gasteiger partial charge is 0.257 e. The van der Waals surface area contributed by atoms with E-state index in [4.69, 9.17) is 0 Å². The van der Waals surface area contributed by atoms with Crippen LogP contribution >= 0.6 is 0 Å². The van der Waals surface area contributed by atoms with Crippen LogP contribution in [0.3, 0.4) is 0 Å². The molecule has 1 aliphatic rings. The van der Waals surface area contributed by atoms with Gasteiger partial charge in [-0.05, 0) is 32.9 Å². The molecule has 1 aliphatic heterocycles. The van der Waals surface area contributed by atoms with E-state index in [2.05, 4.69) is 44.3 Å². The van der Waals surface area contributed by atoms with Gasteiger partial charge < -0.3 is 19.9 Å². The Morgan fingerprint density at radius 1 is 1.22 bits per heavy atom. The molecule has 1 fully saturated rings. The van der Waals surface area contributed by atoms with Crippen molar-refractivity contribution in [2.75, 3.05) is 23.3 Å². The number of aromatic nitrogens is 4. The van der Waals surface area contributed by atoms with Gasteiger partial charge in [-0.2, -0.15) is 0 Å². The molecule has 1 saturated heterocycles. The molecule has 9 heteroatoms. The van der Waals surface area contributed by atoms with Crippen LogP contribution in [0.1, 0.15) is 29.9 Å². The molecule has 4 aromatic rings. The standard InChI is InChI=1S/C23H24FN7O/c1-13-8-30(9-14(2)27-13)20-5-4-17(21-18(20)7-25-12-26-21)23(32)29-16-6-19(24)22-28-15(3)10-31(22)11-16/h4-7,10-14,27H,8-9H2,1-3H3,(H,29,32). The molecule has 32 heavy (non-hydrogen) atoms. The summed E-state index contributed by atoms with van der Waals surface area (Å²) in [5.74, 6) is -0.863. The molecule has 0 radical (unpaired) electrons. The van der Waals surface area contributed by atoms with Gasteiger partial charge in [0.05, 0.1) is 22.5 Å². The molecular weight excluding hydrogens is 409 g/mol. The Morgan fingerprint density at radius 2 is 2.00 bits per heavy atom. The highest BCUT2D eigenvalue weighted by Crippen LogP contribution is 2.29. The van der Waals surface area contributed by atoms with Gasteiger partial charge in [-0.3, -0.25) is 4.79 Å². The van der Waals surface area contributed by atoms with Crippen LogP contribution in [0.2, 0.25) is 0 Å². The lowest BCUT2D eigenvalue weighted by molar-refractivity contribution is 0.102. The number of carbonyl (C=O) groups excluding carboxylic acids is 1. The van der Waals surface area contributed by atoms with Crippen molar-refractivity contribution < 1.29 is 9.18 Å². The Morgan fingerprint density at radius 3 is 2.78 bits per heavy atom. The minimum Gasteiger partial charge on any atom is -0.368 e. The topological polar surface area (TPSA) is 87.5 Å². The maximum Gasteiger partial charge on any atom is 0.257 e. The summed E-state index contributed by atoms with van der Waals surface area (Å²) in [4.78, 5) is 28.2. The second kappa shape index (κ2) is 7.83. The molecule has 0 spiro atoms. The number of halogens is 1. The summed E-state index contributed by atoms with van der Waals surface area (Å²) in [5, 5.41) is 7.14. The maximum absolute atomic E-state index is 14.4. The van der Waals surface area contributed by atoms with Crippen LogP contribution in [-0.4, -0.2) is 50.4 Å². The number of carbonyl (C=O) groups is 1. The van der Waals surface area contributed by atoms with Gasteiger partial charge in [-0.1, -0.05) is 0 Å². The van der Waals surface area contributed by atoms with Crippen molar-refractivity contribution in [3.63, 3.8) is 0 Å². The Hall–Kier alpha value is -3.59. The quantitative estimate of drug-likeness (QED) is 0.516. The van der Waals surface area contributed by atoms with Crippen molar-refractivity contribution in [1.29, 1.82) is 0 Å². The predicted octanol–water partition coefficient (Wildman–Crippen LogP) is 3.16. The van der Waals surface area contributed by atoms with E-state index in [0.717, 1.165) is 24.2 Å². The molecule has 5 rings (SSSR count). The summed E-state index contributed by atoms with van der Waals surface area (Å²) in [6, 6.07) is 5.67. The van der Waals surface area contributed by atoms with Crippen molar-refractivity contribution >= 4 is 33.8 Å². The minimum atomic E-state index is -0.500. The second-order valence-corrected chi connectivity index (χ2v) is 8.44. The molecule has 0 bridgehead atoms. The number of aryl methyl sites for hydroxylation is 1. The summed E-state index contributed by atoms with van der Waals surface area (Å²) >= 11 is 0. The van der Waals surface area contributed by atoms with Gasteiger partial charge in [-0.25, -0.2) is 19.3 Å². The SMILES string of the molecule is Cc1cn2cc(NC(=O)c3ccc(N4CC(C)NC(C)C4)c4cncnc34)cc(F)c2n1. The first-order valence-electron chi connectivity index (χ1n) is 10.6. The number of amides is 1. The van der Waals surface area contributed by atoms with Gasteiger partial charge in [-0.15, -0.1) is 0 Å². The Labute approximate surface area is 184 Å². The molecule has 1 amide bonds. The van der Waals surface area contributed by atoms with Crippen molar-refractivity contribution in [2.45, 2.75) is 32.9 Å². The van der Waals surface area contributed by atoms with E-state index in [1.165, 1.54) is 12.4 Å². The maximum atomic E-state index is 14.4. The second-order valence-electron chi connectivity index (χ2n) is 8.44. The normalized spacial score (nSPS) is 18.9. The molecule has 3 aromatic heterocycles. The first-order chi connectivity index (χ1) is 15.4. The summed E-state index contributed by atoms with van der Waals surface area (Å²) in [6.45, 7) is 7.80. The van der Waals surface area contributed by atoms with Crippen LogP contribution in [0.5, 0.6) is 0 Å². The Balaban J connectivity index is 1.50. The third-order valence-corrected chi connectivity index (χ3v) is 5.68. The van der Waals surface area contributed by atoms with Crippen LogP contribution in [-0.2, 0) is 0 Å². The van der Waals surface area contributed by atoms with Crippen LogP contribution in [0.25, 0.3) is 16.6 Å². The number of nitrogens with zero attached hydrogens (tertiary/aromatic N) is 5. The molecule has 0 aliphatic carbocycles. The highest BCUT2D eigenvalue weighted by molar-refractivity contribution is 6.13. The molecular formula is C23H24FN7O. The first kappa shape index (κ1) is 20.3. The van der Waals surface area contributed by atoms with E-state index in [-0.39, 0.29) is 11.6 Å². The van der Waals surface area contributed by atoms with E-state index in [9.17, 15) is 9.18 Å². The van der Waals surface area contributed by atoms with Gasteiger partial charge in [0.25, 0.3) is 5.91 Å². The fourth-order valence-electron chi connectivity index (χ4n) is 4.49. The molecule has 0 saturated carbocycles. The lowest BCUT2D eigenvalue weighted by atomic mass is 10.0. The van der Waals surface area contributed by atoms with Gasteiger partial charge in [0.15, 0.2) is 11.5 Å². The number of fused-ring (bicyclic) bond motifs is 2. The zero-order chi connectivity index (χ0) is 22.4. The van der Waals surface area contributed by atoms with E-state index in [0.29, 0.717) is 34.5 Å². The number of rotatable bonds is 3. The molecule has 8 nitrogen and oxygen atoms in total. The van der Waals surface area contributed by atoms with E-state index in [1.807, 2.05) is 6.07 Å². The first-order valence-corrected chi connectivity index (χ1v) is 10.6. The van der Waals surface area contributed by atoms with Crippen molar-refractivity contribution in [1.82, 2.24) is 24.7 Å². The van der Waals surface area contributed by atoms with Gasteiger partial charge in [0.2, 0.25) is 0 Å². The van der Waals surface area contributed by atoms with E-state index >= 15 is 0 Å². The molecule has 2 N–H and O–H groups in total. The number of benzene rings is 1. The number of anilines is 2. The highest BCUT2D eigenvalue weighted by Gasteiger charge is 2.24. The van der Waals surface area contributed by atoms with Crippen LogP contribution in [0, 0.1) is 12.7 Å². The summed E-state index contributed by atoms with van der Waals surface area (Å²) < 4.78 is 16.0. The number of imidazole rings is 1. The van der Waals surface area contributed by atoms with Crippen molar-refractivity contribution in [3.8, 4) is 0 Å². The summed E-state index contributed by atoms with van der Waals surface area (Å²) in [5.41, 5.74) is 3.23. The molecule has 4 heterocycles. The van der Waals surface area contributed by atoms with Crippen molar-refractivity contribution in [2.24, 2.45) is 0 Å².